The lowest BCUT2D eigenvalue weighted by Crippen LogP contribution is -2.08. The van der Waals surface area contributed by atoms with Crippen molar-refractivity contribution in [3.8, 4) is 0 Å². The SMILES string of the molecule is CCCNc1c2c(nc3c(Cl)ccc(F)c13)CCCCC2. The van der Waals surface area contributed by atoms with Gasteiger partial charge in [0.2, 0.25) is 0 Å². The standard InChI is InChI=1S/C17H20ClFN2/c1-2-10-20-16-11-6-4-3-5-7-14(11)21-17-12(18)8-9-13(19)15(16)17/h8-9H,2-7,10H2,1H3,(H,20,21). The first-order chi connectivity index (χ1) is 10.2. The lowest BCUT2D eigenvalue weighted by atomic mass is 10.0. The molecule has 0 spiro atoms. The smallest absolute Gasteiger partial charge is 0.134 e. The Labute approximate surface area is 129 Å². The minimum Gasteiger partial charge on any atom is -0.384 e. The summed E-state index contributed by atoms with van der Waals surface area (Å²) >= 11 is 6.26. The van der Waals surface area contributed by atoms with Crippen LogP contribution in [0.15, 0.2) is 12.1 Å². The summed E-state index contributed by atoms with van der Waals surface area (Å²) in [4.78, 5) is 4.69. The molecule has 0 saturated carbocycles. The van der Waals surface area contributed by atoms with Gasteiger partial charge in [0.15, 0.2) is 0 Å². The van der Waals surface area contributed by atoms with E-state index in [-0.39, 0.29) is 5.82 Å². The van der Waals surface area contributed by atoms with Crippen LogP contribution in [-0.4, -0.2) is 11.5 Å². The number of anilines is 1. The van der Waals surface area contributed by atoms with E-state index in [0.29, 0.717) is 15.9 Å². The zero-order valence-electron chi connectivity index (χ0n) is 12.3. The summed E-state index contributed by atoms with van der Waals surface area (Å²) in [5.41, 5.74) is 3.79. The fourth-order valence-electron chi connectivity index (χ4n) is 3.08. The summed E-state index contributed by atoms with van der Waals surface area (Å²) in [6, 6.07) is 3.03. The van der Waals surface area contributed by atoms with E-state index in [0.717, 1.165) is 50.0 Å². The Morgan fingerprint density at radius 3 is 2.86 bits per heavy atom. The molecule has 0 bridgehead atoms. The Hall–Kier alpha value is -1.35. The monoisotopic (exact) mass is 306 g/mol. The molecule has 3 rings (SSSR count). The van der Waals surface area contributed by atoms with Gasteiger partial charge in [-0.3, -0.25) is 4.98 Å². The largest absolute Gasteiger partial charge is 0.384 e. The Kier molecular flexibility index (Phi) is 4.29. The fourth-order valence-corrected chi connectivity index (χ4v) is 3.28. The molecule has 0 fully saturated rings. The van der Waals surface area contributed by atoms with E-state index in [1.165, 1.54) is 18.1 Å². The summed E-state index contributed by atoms with van der Waals surface area (Å²) < 4.78 is 14.4. The highest BCUT2D eigenvalue weighted by atomic mass is 35.5. The average Bonchev–Trinajstić information content (AvgIpc) is 2.73. The normalized spacial score (nSPS) is 14.8. The molecule has 1 heterocycles. The topological polar surface area (TPSA) is 24.9 Å². The maximum atomic E-state index is 14.4. The van der Waals surface area contributed by atoms with Crippen molar-refractivity contribution in [3.63, 3.8) is 0 Å². The predicted octanol–water partition coefficient (Wildman–Crippen LogP) is 5.12. The summed E-state index contributed by atoms with van der Waals surface area (Å²) in [5, 5.41) is 4.50. The van der Waals surface area contributed by atoms with Crippen LogP contribution in [0.4, 0.5) is 10.1 Å². The third kappa shape index (κ3) is 2.71. The van der Waals surface area contributed by atoms with Crippen LogP contribution in [0.2, 0.25) is 5.02 Å². The van der Waals surface area contributed by atoms with Gasteiger partial charge in [0.05, 0.1) is 21.6 Å². The highest BCUT2D eigenvalue weighted by Crippen LogP contribution is 2.36. The number of nitrogens with zero attached hydrogens (tertiary/aromatic N) is 1. The van der Waals surface area contributed by atoms with E-state index in [1.807, 2.05) is 0 Å². The number of nitrogens with one attached hydrogen (secondary N) is 1. The summed E-state index contributed by atoms with van der Waals surface area (Å²) in [7, 11) is 0. The molecule has 1 aromatic carbocycles. The van der Waals surface area contributed by atoms with E-state index < -0.39 is 0 Å². The number of halogens is 2. The van der Waals surface area contributed by atoms with Crippen molar-refractivity contribution in [2.45, 2.75) is 45.4 Å². The molecule has 1 aliphatic rings. The number of pyridine rings is 1. The molecule has 1 aromatic heterocycles. The second-order valence-corrected chi connectivity index (χ2v) is 6.06. The van der Waals surface area contributed by atoms with E-state index in [1.54, 1.807) is 6.07 Å². The first-order valence-corrected chi connectivity index (χ1v) is 8.13. The van der Waals surface area contributed by atoms with Gasteiger partial charge in [-0.25, -0.2) is 4.39 Å². The lowest BCUT2D eigenvalue weighted by molar-refractivity contribution is 0.639. The van der Waals surface area contributed by atoms with Crippen LogP contribution < -0.4 is 5.32 Å². The first-order valence-electron chi connectivity index (χ1n) is 7.75. The first kappa shape index (κ1) is 14.6. The van der Waals surface area contributed by atoms with E-state index >= 15 is 0 Å². The van der Waals surface area contributed by atoms with Crippen LogP contribution in [0, 0.1) is 5.82 Å². The molecular weight excluding hydrogens is 287 g/mol. The fraction of sp³-hybridized carbons (Fsp3) is 0.471. The maximum Gasteiger partial charge on any atom is 0.134 e. The van der Waals surface area contributed by atoms with Crippen LogP contribution in [0.1, 0.15) is 43.9 Å². The third-order valence-electron chi connectivity index (χ3n) is 4.12. The predicted molar refractivity (Wildman–Crippen MR) is 86.8 cm³/mol. The number of hydrogen-bond donors (Lipinski definition) is 1. The van der Waals surface area contributed by atoms with Crippen LogP contribution in [0.5, 0.6) is 0 Å². The lowest BCUT2D eigenvalue weighted by Gasteiger charge is -2.18. The van der Waals surface area contributed by atoms with Crippen LogP contribution in [-0.2, 0) is 12.8 Å². The van der Waals surface area contributed by atoms with Crippen molar-refractivity contribution in [2.24, 2.45) is 0 Å². The summed E-state index contributed by atoms with van der Waals surface area (Å²) in [6.07, 6.45) is 6.42. The number of aromatic nitrogens is 1. The van der Waals surface area contributed by atoms with Crippen molar-refractivity contribution in [2.75, 3.05) is 11.9 Å². The number of hydrogen-bond acceptors (Lipinski definition) is 2. The molecule has 4 heteroatoms. The molecule has 1 aliphatic carbocycles. The van der Waals surface area contributed by atoms with E-state index in [2.05, 4.69) is 12.2 Å². The van der Waals surface area contributed by atoms with Gasteiger partial charge >= 0.3 is 0 Å². The molecule has 112 valence electrons. The highest BCUT2D eigenvalue weighted by molar-refractivity contribution is 6.35. The molecule has 0 saturated heterocycles. The Morgan fingerprint density at radius 2 is 2.05 bits per heavy atom. The maximum absolute atomic E-state index is 14.4. The third-order valence-corrected chi connectivity index (χ3v) is 4.42. The Morgan fingerprint density at radius 1 is 1.24 bits per heavy atom. The second-order valence-electron chi connectivity index (χ2n) is 5.65. The molecule has 0 amide bonds. The second kappa shape index (κ2) is 6.18. The molecule has 2 aromatic rings. The molecular formula is C17H20ClFN2. The number of benzene rings is 1. The zero-order valence-corrected chi connectivity index (χ0v) is 13.1. The van der Waals surface area contributed by atoms with Crippen molar-refractivity contribution in [3.05, 3.63) is 34.2 Å². The Balaban J connectivity index is 2.29. The number of fused-ring (bicyclic) bond motifs is 2. The van der Waals surface area contributed by atoms with Crippen LogP contribution in [0.3, 0.4) is 0 Å². The molecule has 0 unspecified atom stereocenters. The van der Waals surface area contributed by atoms with Crippen LogP contribution >= 0.6 is 11.6 Å². The molecule has 0 radical (unpaired) electrons. The molecule has 2 nitrogen and oxygen atoms in total. The number of rotatable bonds is 3. The average molecular weight is 307 g/mol. The van der Waals surface area contributed by atoms with Gasteiger partial charge in [-0.05, 0) is 49.8 Å². The molecule has 1 N–H and O–H groups in total. The quantitative estimate of drug-likeness (QED) is 0.796. The number of aryl methyl sites for hydroxylation is 1. The summed E-state index contributed by atoms with van der Waals surface area (Å²) in [6.45, 7) is 2.94. The molecule has 0 aliphatic heterocycles. The minimum absolute atomic E-state index is 0.243. The zero-order chi connectivity index (χ0) is 14.8. The van der Waals surface area contributed by atoms with Gasteiger partial charge in [-0.2, -0.15) is 0 Å². The molecule has 0 atom stereocenters. The highest BCUT2D eigenvalue weighted by Gasteiger charge is 2.20. The Bertz CT molecular complexity index is 670. The van der Waals surface area contributed by atoms with Gasteiger partial charge in [0.1, 0.15) is 5.82 Å². The van der Waals surface area contributed by atoms with Crippen molar-refractivity contribution >= 4 is 28.2 Å². The van der Waals surface area contributed by atoms with Gasteiger partial charge < -0.3 is 5.32 Å². The van der Waals surface area contributed by atoms with Gasteiger partial charge in [0.25, 0.3) is 0 Å². The van der Waals surface area contributed by atoms with Crippen LogP contribution in [0.25, 0.3) is 10.9 Å². The van der Waals surface area contributed by atoms with Crippen molar-refractivity contribution in [1.82, 2.24) is 4.98 Å². The van der Waals surface area contributed by atoms with Gasteiger partial charge in [-0.15, -0.1) is 0 Å². The van der Waals surface area contributed by atoms with E-state index in [9.17, 15) is 4.39 Å². The van der Waals surface area contributed by atoms with Crippen molar-refractivity contribution < 1.29 is 4.39 Å². The summed E-state index contributed by atoms with van der Waals surface area (Å²) in [5.74, 6) is -0.243. The van der Waals surface area contributed by atoms with Gasteiger partial charge in [-0.1, -0.05) is 24.9 Å². The van der Waals surface area contributed by atoms with E-state index in [4.69, 9.17) is 16.6 Å². The van der Waals surface area contributed by atoms with Crippen molar-refractivity contribution in [1.29, 1.82) is 0 Å². The molecule has 21 heavy (non-hydrogen) atoms. The van der Waals surface area contributed by atoms with Gasteiger partial charge in [0, 0.05) is 12.2 Å². The minimum atomic E-state index is -0.243.